The molecular weight excluding hydrogens is 441 g/mol. The van der Waals surface area contributed by atoms with Crippen LogP contribution in [0.5, 0.6) is 11.5 Å². The lowest BCUT2D eigenvalue weighted by Gasteiger charge is -2.18. The molecule has 0 radical (unpaired) electrons. The summed E-state index contributed by atoms with van der Waals surface area (Å²) in [7, 11) is 1.56. The molecule has 3 aromatic rings. The van der Waals surface area contributed by atoms with Crippen molar-refractivity contribution in [3.63, 3.8) is 0 Å². The zero-order valence-electron chi connectivity index (χ0n) is 18.8. The van der Waals surface area contributed by atoms with E-state index in [0.29, 0.717) is 17.8 Å². The maximum atomic E-state index is 14.6. The maximum absolute atomic E-state index is 14.6. The molecule has 9 heteroatoms. The smallest absolute Gasteiger partial charge is 0.287 e. The second kappa shape index (κ2) is 9.42. The Kier molecular flexibility index (Phi) is 6.19. The Morgan fingerprint density at radius 2 is 2.18 bits per heavy atom. The number of hydrogen-bond acceptors (Lipinski definition) is 6. The third-order valence-corrected chi connectivity index (χ3v) is 6.55. The monoisotopic (exact) mass is 467 g/mol. The van der Waals surface area contributed by atoms with E-state index in [-0.39, 0.29) is 41.7 Å². The molecule has 2 aromatic carbocycles. The molecule has 0 aliphatic carbocycles. The second-order valence-electron chi connectivity index (χ2n) is 8.73. The van der Waals surface area contributed by atoms with Crippen LogP contribution in [0, 0.1) is 11.7 Å². The number of H-pyrrole nitrogens is 1. The summed E-state index contributed by atoms with van der Waals surface area (Å²) in [5.41, 5.74) is 0.388. The number of rotatable bonds is 8. The van der Waals surface area contributed by atoms with Crippen LogP contribution in [0.2, 0.25) is 0 Å². The third-order valence-electron chi connectivity index (χ3n) is 6.55. The van der Waals surface area contributed by atoms with Gasteiger partial charge in [-0.25, -0.2) is 9.37 Å². The highest BCUT2D eigenvalue weighted by molar-refractivity contribution is 5.93. The summed E-state index contributed by atoms with van der Waals surface area (Å²) in [6.07, 6.45) is 4.50. The molecule has 5 rings (SSSR count). The highest BCUT2D eigenvalue weighted by Crippen LogP contribution is 2.40. The highest BCUT2D eigenvalue weighted by Gasteiger charge is 2.40. The molecule has 2 saturated heterocycles. The van der Waals surface area contributed by atoms with Gasteiger partial charge in [-0.1, -0.05) is 12.1 Å². The lowest BCUT2D eigenvalue weighted by Crippen LogP contribution is -2.27. The number of nitrogens with zero attached hydrogens (tertiary/aromatic N) is 1. The van der Waals surface area contributed by atoms with Gasteiger partial charge in [0, 0.05) is 6.54 Å². The fourth-order valence-electron chi connectivity index (χ4n) is 4.83. The van der Waals surface area contributed by atoms with Gasteiger partial charge in [-0.15, -0.1) is 0 Å². The molecule has 2 aliphatic rings. The van der Waals surface area contributed by atoms with Crippen LogP contribution in [0.25, 0.3) is 10.9 Å². The van der Waals surface area contributed by atoms with Gasteiger partial charge < -0.3 is 24.5 Å². The topological polar surface area (TPSA) is 103 Å². The number of aromatic nitrogens is 2. The summed E-state index contributed by atoms with van der Waals surface area (Å²) < 4.78 is 31.3. The van der Waals surface area contributed by atoms with Gasteiger partial charge in [0.15, 0.2) is 17.4 Å². The second-order valence-corrected chi connectivity index (χ2v) is 8.73. The number of aromatic amines is 1. The first kappa shape index (κ1) is 22.3. The van der Waals surface area contributed by atoms with Crippen molar-refractivity contribution in [2.24, 2.45) is 5.92 Å². The number of methoxy groups -OCH3 is 1. The number of amides is 1. The minimum atomic E-state index is -0.640. The number of ether oxygens (including phenoxy) is 3. The first-order chi connectivity index (χ1) is 16.5. The molecule has 2 N–H and O–H groups in total. The highest BCUT2D eigenvalue weighted by atomic mass is 19.1. The third kappa shape index (κ3) is 4.48. The standard InChI is InChI=1S/C25H26FN3O5/c1-32-16-4-2-3-14(11-16)13-27-25(31)23-28-19-7-6-18(26)22(21(19)24(30)29-23)33-10-9-15-12-17-5-8-20(15)34-17/h2-4,6-7,11,15,17,20H,5,8-10,12-13H2,1H3,(H,27,31)(H,28,29,30). The number of carbonyl (C=O) groups is 1. The van der Waals surface area contributed by atoms with E-state index in [0.717, 1.165) is 31.2 Å². The average Bonchev–Trinajstić information content (AvgIpc) is 3.47. The first-order valence-electron chi connectivity index (χ1n) is 11.4. The summed E-state index contributed by atoms with van der Waals surface area (Å²) in [6, 6.07) is 9.83. The molecule has 1 aromatic heterocycles. The van der Waals surface area contributed by atoms with Crippen LogP contribution in [0.15, 0.2) is 41.2 Å². The fraction of sp³-hybridized carbons (Fsp3) is 0.400. The van der Waals surface area contributed by atoms with Gasteiger partial charge in [-0.3, -0.25) is 9.59 Å². The molecule has 178 valence electrons. The number of halogens is 1. The Balaban J connectivity index is 1.30. The van der Waals surface area contributed by atoms with Crippen molar-refractivity contribution in [3.8, 4) is 11.5 Å². The molecule has 8 nitrogen and oxygen atoms in total. The van der Waals surface area contributed by atoms with Crippen LogP contribution in [0.3, 0.4) is 0 Å². The van der Waals surface area contributed by atoms with Crippen LogP contribution in [0.4, 0.5) is 4.39 Å². The number of nitrogens with one attached hydrogen (secondary N) is 2. The van der Waals surface area contributed by atoms with E-state index in [2.05, 4.69) is 15.3 Å². The molecule has 3 unspecified atom stereocenters. The number of carbonyl (C=O) groups excluding carboxylic acids is 1. The number of benzene rings is 2. The Bertz CT molecular complexity index is 1280. The predicted octanol–water partition coefficient (Wildman–Crippen LogP) is 3.34. The summed E-state index contributed by atoms with van der Waals surface area (Å²) in [6.45, 7) is 0.498. The van der Waals surface area contributed by atoms with E-state index < -0.39 is 17.3 Å². The van der Waals surface area contributed by atoms with E-state index in [1.165, 1.54) is 12.1 Å². The van der Waals surface area contributed by atoms with Crippen molar-refractivity contribution in [2.45, 2.75) is 44.4 Å². The lowest BCUT2D eigenvalue weighted by molar-refractivity contribution is 0.0884. The summed E-state index contributed by atoms with van der Waals surface area (Å²) in [5, 5.41) is 2.71. The molecule has 2 bridgehead atoms. The zero-order chi connectivity index (χ0) is 23.7. The van der Waals surface area contributed by atoms with Gasteiger partial charge in [0.25, 0.3) is 11.5 Å². The summed E-state index contributed by atoms with van der Waals surface area (Å²) >= 11 is 0. The molecule has 0 spiro atoms. The number of hydrogen-bond donors (Lipinski definition) is 2. The quantitative estimate of drug-likeness (QED) is 0.527. The van der Waals surface area contributed by atoms with Crippen LogP contribution >= 0.6 is 0 Å². The van der Waals surface area contributed by atoms with Crippen molar-refractivity contribution in [2.75, 3.05) is 13.7 Å². The fourth-order valence-corrected chi connectivity index (χ4v) is 4.83. The first-order valence-corrected chi connectivity index (χ1v) is 11.4. The van der Waals surface area contributed by atoms with Gasteiger partial charge in [0.05, 0.1) is 31.4 Å². The zero-order valence-corrected chi connectivity index (χ0v) is 18.8. The van der Waals surface area contributed by atoms with Gasteiger partial charge in [-0.2, -0.15) is 0 Å². The van der Waals surface area contributed by atoms with Gasteiger partial charge >= 0.3 is 0 Å². The van der Waals surface area contributed by atoms with Crippen molar-refractivity contribution in [1.29, 1.82) is 0 Å². The lowest BCUT2D eigenvalue weighted by atomic mass is 9.87. The van der Waals surface area contributed by atoms with Crippen molar-refractivity contribution in [1.82, 2.24) is 15.3 Å². The van der Waals surface area contributed by atoms with Crippen LogP contribution in [-0.2, 0) is 11.3 Å². The van der Waals surface area contributed by atoms with E-state index in [1.54, 1.807) is 19.2 Å². The van der Waals surface area contributed by atoms with Crippen LogP contribution in [0.1, 0.15) is 41.9 Å². The summed E-state index contributed by atoms with van der Waals surface area (Å²) in [4.78, 5) is 32.1. The Morgan fingerprint density at radius 3 is 2.94 bits per heavy atom. The van der Waals surface area contributed by atoms with Gasteiger partial charge in [0.2, 0.25) is 0 Å². The van der Waals surface area contributed by atoms with Crippen molar-refractivity contribution < 1.29 is 23.4 Å². The molecule has 3 heterocycles. The molecule has 2 aliphatic heterocycles. The number of fused-ring (bicyclic) bond motifs is 3. The normalized spacial score (nSPS) is 21.1. The van der Waals surface area contributed by atoms with Crippen LogP contribution < -0.4 is 20.3 Å². The molecule has 34 heavy (non-hydrogen) atoms. The Hall–Kier alpha value is -3.46. The minimum Gasteiger partial charge on any atom is -0.497 e. The molecular formula is C25H26FN3O5. The van der Waals surface area contributed by atoms with E-state index in [9.17, 15) is 14.0 Å². The summed E-state index contributed by atoms with van der Waals surface area (Å²) in [5.74, 6) is -0.417. The minimum absolute atomic E-state index is 0.00598. The van der Waals surface area contributed by atoms with E-state index in [4.69, 9.17) is 14.2 Å². The van der Waals surface area contributed by atoms with Gasteiger partial charge in [0.1, 0.15) is 11.1 Å². The molecule has 2 fully saturated rings. The Morgan fingerprint density at radius 1 is 1.29 bits per heavy atom. The molecule has 1 amide bonds. The van der Waals surface area contributed by atoms with Gasteiger partial charge in [-0.05, 0) is 61.4 Å². The SMILES string of the molecule is COc1cccc(CNC(=O)c2nc3ccc(F)c(OCCC4CC5CCC4O5)c3c(=O)[nH]2)c1. The van der Waals surface area contributed by atoms with Crippen molar-refractivity contribution >= 4 is 16.8 Å². The van der Waals surface area contributed by atoms with Crippen molar-refractivity contribution in [3.05, 3.63) is 64.0 Å². The maximum Gasteiger partial charge on any atom is 0.287 e. The van der Waals surface area contributed by atoms with Crippen LogP contribution in [-0.4, -0.2) is 41.8 Å². The predicted molar refractivity (Wildman–Crippen MR) is 123 cm³/mol. The largest absolute Gasteiger partial charge is 0.497 e. The van der Waals surface area contributed by atoms with E-state index in [1.807, 2.05) is 12.1 Å². The average molecular weight is 467 g/mol. The Labute approximate surface area is 195 Å². The van der Waals surface area contributed by atoms with E-state index >= 15 is 0 Å². The molecule has 0 saturated carbocycles. The molecule has 3 atom stereocenters.